The summed E-state index contributed by atoms with van der Waals surface area (Å²) in [6.45, 7) is 4.01. The highest BCUT2D eigenvalue weighted by molar-refractivity contribution is 7.09. The number of allylic oxidation sites excluding steroid dienone is 1. The minimum absolute atomic E-state index is 0.0856. The molecular weight excluding hydrogens is 282 g/mol. The van der Waals surface area contributed by atoms with Gasteiger partial charge in [0, 0.05) is 18.2 Å². The van der Waals surface area contributed by atoms with Crippen LogP contribution in [0.25, 0.3) is 6.08 Å². The lowest BCUT2D eigenvalue weighted by atomic mass is 10.1. The topological polar surface area (TPSA) is 39.2 Å². The summed E-state index contributed by atoms with van der Waals surface area (Å²) in [4.78, 5) is 16.3. The van der Waals surface area contributed by atoms with Gasteiger partial charge in [0.05, 0.1) is 10.7 Å². The molecule has 2 heterocycles. The molecule has 0 saturated heterocycles. The maximum Gasteiger partial charge on any atom is 0.306 e. The number of carbonyl (C=O) groups is 1. The van der Waals surface area contributed by atoms with Gasteiger partial charge in [-0.2, -0.15) is 0 Å². The van der Waals surface area contributed by atoms with E-state index in [1.165, 1.54) is 0 Å². The molecule has 0 aromatic carbocycles. The van der Waals surface area contributed by atoms with Gasteiger partial charge in [0.2, 0.25) is 0 Å². The number of aromatic nitrogens is 1. The number of cyclic esters (lactones) is 1. The van der Waals surface area contributed by atoms with Crippen molar-refractivity contribution in [3.63, 3.8) is 0 Å². The van der Waals surface area contributed by atoms with Gasteiger partial charge in [-0.1, -0.05) is 18.6 Å². The Hall–Kier alpha value is -1.42. The summed E-state index contributed by atoms with van der Waals surface area (Å²) in [5.74, 6) is -0.0856. The molecule has 0 amide bonds. The smallest absolute Gasteiger partial charge is 0.306 e. The fourth-order valence-corrected chi connectivity index (χ4v) is 2.93. The molecule has 0 radical (unpaired) electrons. The van der Waals surface area contributed by atoms with Crippen molar-refractivity contribution in [1.29, 1.82) is 0 Å². The maximum atomic E-state index is 11.9. The number of hydrogen-bond acceptors (Lipinski definition) is 4. The monoisotopic (exact) mass is 305 g/mol. The minimum Gasteiger partial charge on any atom is -0.457 e. The number of aryl methyl sites for hydroxylation is 1. The number of hydrogen-bond donors (Lipinski definition) is 0. The Bertz CT molecular complexity index is 531. The summed E-state index contributed by atoms with van der Waals surface area (Å²) in [6, 6.07) is 0. The average Bonchev–Trinajstić information content (AvgIpc) is 2.82. The summed E-state index contributed by atoms with van der Waals surface area (Å²) in [5, 5.41) is 3.08. The number of nitrogens with zero attached hydrogens (tertiary/aromatic N) is 1. The Morgan fingerprint density at radius 3 is 3.00 bits per heavy atom. The fraction of sp³-hybridized carbons (Fsp3) is 0.529. The van der Waals surface area contributed by atoms with Crippen LogP contribution in [0.3, 0.4) is 0 Å². The van der Waals surface area contributed by atoms with Crippen molar-refractivity contribution >= 4 is 23.4 Å². The molecule has 0 aliphatic carbocycles. The SMILES string of the molecule is C/C(=C\c1csc(C)n1)[C@@H]1C/C=C/CCCCCC(=O)O1. The Morgan fingerprint density at radius 1 is 1.38 bits per heavy atom. The van der Waals surface area contributed by atoms with E-state index in [4.69, 9.17) is 4.74 Å². The van der Waals surface area contributed by atoms with Gasteiger partial charge in [0.15, 0.2) is 0 Å². The predicted molar refractivity (Wildman–Crippen MR) is 87.2 cm³/mol. The largest absolute Gasteiger partial charge is 0.457 e. The van der Waals surface area contributed by atoms with Crippen molar-refractivity contribution < 1.29 is 9.53 Å². The van der Waals surface area contributed by atoms with Gasteiger partial charge in [0.1, 0.15) is 6.10 Å². The highest BCUT2D eigenvalue weighted by atomic mass is 32.1. The van der Waals surface area contributed by atoms with E-state index in [9.17, 15) is 4.79 Å². The van der Waals surface area contributed by atoms with E-state index in [1.54, 1.807) is 11.3 Å². The van der Waals surface area contributed by atoms with Gasteiger partial charge in [0.25, 0.3) is 0 Å². The zero-order chi connectivity index (χ0) is 15.1. The van der Waals surface area contributed by atoms with Crippen LogP contribution in [0.4, 0.5) is 0 Å². The van der Waals surface area contributed by atoms with E-state index < -0.39 is 0 Å². The van der Waals surface area contributed by atoms with Gasteiger partial charge < -0.3 is 4.74 Å². The van der Waals surface area contributed by atoms with E-state index in [2.05, 4.69) is 17.1 Å². The molecule has 0 unspecified atom stereocenters. The first-order valence-electron chi connectivity index (χ1n) is 7.60. The van der Waals surface area contributed by atoms with Crippen LogP contribution in [-0.4, -0.2) is 17.1 Å². The van der Waals surface area contributed by atoms with Gasteiger partial charge in [-0.05, 0) is 44.8 Å². The molecule has 1 aliphatic heterocycles. The summed E-state index contributed by atoms with van der Waals surface area (Å²) >= 11 is 1.63. The first-order valence-corrected chi connectivity index (χ1v) is 8.48. The minimum atomic E-state index is -0.172. The second kappa shape index (κ2) is 8.13. The van der Waals surface area contributed by atoms with Gasteiger partial charge in [-0.3, -0.25) is 4.79 Å². The number of esters is 1. The summed E-state index contributed by atoms with van der Waals surface area (Å²) in [5.41, 5.74) is 2.00. The predicted octanol–water partition coefficient (Wildman–Crippen LogP) is 4.68. The first kappa shape index (κ1) is 16.0. The molecule has 0 bridgehead atoms. The van der Waals surface area contributed by atoms with Crippen molar-refractivity contribution in [1.82, 2.24) is 4.98 Å². The van der Waals surface area contributed by atoms with Crippen molar-refractivity contribution in [2.45, 2.75) is 58.5 Å². The molecule has 1 aromatic heterocycles. The van der Waals surface area contributed by atoms with E-state index in [1.807, 2.05) is 25.3 Å². The molecule has 21 heavy (non-hydrogen) atoms. The number of rotatable bonds is 2. The molecular formula is C17H23NO2S. The molecule has 114 valence electrons. The lowest BCUT2D eigenvalue weighted by Gasteiger charge is -2.17. The molecule has 0 fully saturated rings. The van der Waals surface area contributed by atoms with Crippen LogP contribution >= 0.6 is 11.3 Å². The lowest BCUT2D eigenvalue weighted by Crippen LogP contribution is -2.18. The molecule has 1 atom stereocenters. The second-order valence-corrected chi connectivity index (χ2v) is 6.53. The van der Waals surface area contributed by atoms with Crippen LogP contribution in [0.2, 0.25) is 0 Å². The number of ether oxygens (including phenoxy) is 1. The third-order valence-corrected chi connectivity index (χ3v) is 4.35. The summed E-state index contributed by atoms with van der Waals surface area (Å²) in [7, 11) is 0. The van der Waals surface area contributed by atoms with Crippen LogP contribution < -0.4 is 0 Å². The third kappa shape index (κ3) is 5.46. The lowest BCUT2D eigenvalue weighted by molar-refractivity contribution is -0.147. The van der Waals surface area contributed by atoms with Gasteiger partial charge >= 0.3 is 5.97 Å². The third-order valence-electron chi connectivity index (χ3n) is 3.56. The van der Waals surface area contributed by atoms with Crippen LogP contribution in [0, 0.1) is 6.92 Å². The quantitative estimate of drug-likeness (QED) is 0.588. The van der Waals surface area contributed by atoms with Gasteiger partial charge in [-0.25, -0.2) is 4.98 Å². The molecule has 0 spiro atoms. The number of carbonyl (C=O) groups excluding carboxylic acids is 1. The molecule has 1 aliphatic rings. The van der Waals surface area contributed by atoms with Crippen molar-refractivity contribution in [2.24, 2.45) is 0 Å². The Kier molecular flexibility index (Phi) is 6.18. The zero-order valence-corrected chi connectivity index (χ0v) is 13.6. The maximum absolute atomic E-state index is 11.9. The Balaban J connectivity index is 2.09. The summed E-state index contributed by atoms with van der Waals surface area (Å²) in [6.07, 6.45) is 11.7. The van der Waals surface area contributed by atoms with Crippen molar-refractivity contribution in [2.75, 3.05) is 0 Å². The zero-order valence-electron chi connectivity index (χ0n) is 12.8. The van der Waals surface area contributed by atoms with Crippen LogP contribution in [-0.2, 0) is 9.53 Å². The van der Waals surface area contributed by atoms with Crippen LogP contribution in [0.5, 0.6) is 0 Å². The Morgan fingerprint density at radius 2 is 2.24 bits per heavy atom. The number of thiazole rings is 1. The van der Waals surface area contributed by atoms with E-state index in [-0.39, 0.29) is 12.1 Å². The molecule has 2 rings (SSSR count). The molecule has 1 aromatic rings. The fourth-order valence-electron chi connectivity index (χ4n) is 2.36. The first-order chi connectivity index (χ1) is 10.1. The Labute approximate surface area is 130 Å². The molecule has 3 nitrogen and oxygen atoms in total. The van der Waals surface area contributed by atoms with Gasteiger partial charge in [-0.15, -0.1) is 11.3 Å². The average molecular weight is 305 g/mol. The highest BCUT2D eigenvalue weighted by Gasteiger charge is 2.16. The van der Waals surface area contributed by atoms with Crippen LogP contribution in [0.1, 0.15) is 56.2 Å². The highest BCUT2D eigenvalue weighted by Crippen LogP contribution is 2.19. The van der Waals surface area contributed by atoms with Crippen molar-refractivity contribution in [3.8, 4) is 0 Å². The molecule has 0 N–H and O–H groups in total. The van der Waals surface area contributed by atoms with Crippen molar-refractivity contribution in [3.05, 3.63) is 33.8 Å². The standard InChI is InChI=1S/C17H23NO2S/c1-13(11-15-12-21-14(2)18-15)16-9-7-5-3-4-6-8-10-17(19)20-16/h5,7,11-12,16H,3-4,6,8-10H2,1-2H3/b7-5+,13-11+/t16-/m0/s1. The molecule has 0 saturated carbocycles. The second-order valence-electron chi connectivity index (χ2n) is 5.46. The normalized spacial score (nSPS) is 23.2. The molecule has 4 heteroatoms. The van der Waals surface area contributed by atoms with E-state index in [0.29, 0.717) is 6.42 Å². The van der Waals surface area contributed by atoms with Crippen LogP contribution in [0.15, 0.2) is 23.1 Å². The van der Waals surface area contributed by atoms with E-state index >= 15 is 0 Å². The summed E-state index contributed by atoms with van der Waals surface area (Å²) < 4.78 is 5.64. The van der Waals surface area contributed by atoms with E-state index in [0.717, 1.165) is 48.4 Å².